The van der Waals surface area contributed by atoms with E-state index in [9.17, 15) is 8.42 Å². The predicted molar refractivity (Wildman–Crippen MR) is 73.0 cm³/mol. The summed E-state index contributed by atoms with van der Waals surface area (Å²) >= 11 is 4.84. The van der Waals surface area contributed by atoms with Gasteiger partial charge in [0.1, 0.15) is 17.3 Å². The highest BCUT2D eigenvalue weighted by molar-refractivity contribution is 9.10. The number of aliphatic hydroxyl groups excluding tert-OH is 1. The van der Waals surface area contributed by atoms with Gasteiger partial charge in [-0.05, 0) is 34.5 Å². The maximum Gasteiger partial charge on any atom is 0.245 e. The molecule has 1 saturated heterocycles. The van der Waals surface area contributed by atoms with Gasteiger partial charge in [-0.1, -0.05) is 0 Å². The van der Waals surface area contributed by atoms with E-state index in [1.165, 1.54) is 6.07 Å². The number of rotatable bonds is 5. The number of hydrogen-bond acceptors (Lipinski definition) is 5. The molecule has 5 nitrogen and oxygen atoms in total. The fourth-order valence-corrected chi connectivity index (χ4v) is 5.13. The predicted octanol–water partition coefficient (Wildman–Crippen LogP) is 1.71. The summed E-state index contributed by atoms with van der Waals surface area (Å²) in [5, 5.41) is 9.26. The molecule has 102 valence electrons. The van der Waals surface area contributed by atoms with Gasteiger partial charge in [-0.25, -0.2) is 13.1 Å². The van der Waals surface area contributed by atoms with Gasteiger partial charge in [-0.3, -0.25) is 0 Å². The largest absolute Gasteiger partial charge is 0.450 e. The van der Waals surface area contributed by atoms with E-state index in [1.807, 2.05) is 0 Å². The highest BCUT2D eigenvalue weighted by atomic mass is 79.9. The molecule has 2 N–H and O–H groups in total. The van der Waals surface area contributed by atoms with Gasteiger partial charge in [-0.2, -0.15) is 11.8 Å². The summed E-state index contributed by atoms with van der Waals surface area (Å²) in [6.07, 6.45) is 2.18. The average Bonchev–Trinajstić information content (AvgIpc) is 2.95. The molecule has 8 heteroatoms. The Morgan fingerprint density at radius 3 is 2.94 bits per heavy atom. The monoisotopic (exact) mass is 355 g/mol. The first-order valence-electron chi connectivity index (χ1n) is 5.53. The van der Waals surface area contributed by atoms with E-state index in [4.69, 9.17) is 9.52 Å². The molecule has 1 fully saturated rings. The summed E-state index contributed by atoms with van der Waals surface area (Å²) in [4.78, 5) is 0.0366. The topological polar surface area (TPSA) is 79.5 Å². The number of nitrogens with one attached hydrogen (secondary N) is 1. The number of furan rings is 1. The smallest absolute Gasteiger partial charge is 0.245 e. The molecule has 0 bridgehead atoms. The van der Waals surface area contributed by atoms with Gasteiger partial charge in [0.05, 0.1) is 0 Å². The fourth-order valence-electron chi connectivity index (χ4n) is 1.74. The second-order valence-corrected chi connectivity index (χ2v) is 7.86. The highest BCUT2D eigenvalue weighted by Gasteiger charge is 2.24. The first-order valence-corrected chi connectivity index (χ1v) is 8.86. The van der Waals surface area contributed by atoms with Crippen molar-refractivity contribution in [2.45, 2.75) is 29.6 Å². The summed E-state index contributed by atoms with van der Waals surface area (Å²) in [6, 6.07) is 1.33. The molecule has 1 atom stereocenters. The van der Waals surface area contributed by atoms with E-state index >= 15 is 0 Å². The van der Waals surface area contributed by atoms with Crippen LogP contribution < -0.4 is 4.72 Å². The molecule has 2 heterocycles. The van der Waals surface area contributed by atoms with E-state index < -0.39 is 10.0 Å². The number of halogens is 1. The minimum atomic E-state index is -3.58. The number of sulfonamides is 1. The van der Waals surface area contributed by atoms with Gasteiger partial charge in [0.25, 0.3) is 0 Å². The number of aliphatic hydroxyl groups is 1. The Morgan fingerprint density at radius 2 is 2.39 bits per heavy atom. The van der Waals surface area contributed by atoms with Crippen LogP contribution in [0.2, 0.25) is 0 Å². The lowest BCUT2D eigenvalue weighted by atomic mass is 10.2. The molecule has 2 rings (SSSR count). The van der Waals surface area contributed by atoms with Crippen LogP contribution in [0.25, 0.3) is 0 Å². The highest BCUT2D eigenvalue weighted by Crippen LogP contribution is 2.28. The standard InChI is InChI=1S/C10H14BrNO4S2/c11-10-9(4-7(6-13)16-10)18(14,15)12-5-8-2-1-3-17-8/h4,8,12-13H,1-3,5-6H2. The van der Waals surface area contributed by atoms with E-state index in [-0.39, 0.29) is 21.9 Å². The molecule has 0 saturated carbocycles. The van der Waals surface area contributed by atoms with E-state index in [0.29, 0.717) is 11.8 Å². The van der Waals surface area contributed by atoms with Gasteiger partial charge in [0, 0.05) is 17.9 Å². The van der Waals surface area contributed by atoms with Crippen LogP contribution in [-0.4, -0.2) is 31.1 Å². The zero-order valence-corrected chi connectivity index (χ0v) is 12.8. The minimum absolute atomic E-state index is 0.0366. The van der Waals surface area contributed by atoms with Crippen LogP contribution in [0.4, 0.5) is 0 Å². The molecule has 18 heavy (non-hydrogen) atoms. The summed E-state index contributed by atoms with van der Waals surface area (Å²) in [5.41, 5.74) is 0. The molecule has 0 spiro atoms. The van der Waals surface area contributed by atoms with Crippen molar-refractivity contribution < 1.29 is 17.9 Å². The second kappa shape index (κ2) is 5.96. The van der Waals surface area contributed by atoms with E-state index in [1.54, 1.807) is 11.8 Å². The molecule has 1 aliphatic heterocycles. The Labute approximate surface area is 119 Å². The molecule has 0 aromatic carbocycles. The Kier molecular flexibility index (Phi) is 4.76. The van der Waals surface area contributed by atoms with Crippen LogP contribution >= 0.6 is 27.7 Å². The maximum atomic E-state index is 12.0. The molecule has 1 aromatic heterocycles. The third-order valence-corrected chi connectivity index (χ3v) is 6.36. The van der Waals surface area contributed by atoms with Crippen molar-refractivity contribution in [2.75, 3.05) is 12.3 Å². The number of hydrogen-bond donors (Lipinski definition) is 2. The van der Waals surface area contributed by atoms with E-state index in [2.05, 4.69) is 20.7 Å². The van der Waals surface area contributed by atoms with E-state index in [0.717, 1.165) is 18.6 Å². The minimum Gasteiger partial charge on any atom is -0.450 e. The number of thioether (sulfide) groups is 1. The Bertz CT molecular complexity index is 508. The maximum absolute atomic E-state index is 12.0. The average molecular weight is 356 g/mol. The summed E-state index contributed by atoms with van der Waals surface area (Å²) in [5.74, 6) is 1.31. The van der Waals surface area contributed by atoms with Crippen LogP contribution in [0.3, 0.4) is 0 Å². The van der Waals surface area contributed by atoms with Gasteiger partial charge in [0.2, 0.25) is 10.0 Å². The molecule has 1 unspecified atom stereocenters. The molecule has 0 aliphatic carbocycles. The fraction of sp³-hybridized carbons (Fsp3) is 0.600. The Hall–Kier alpha value is -0.0200. The molecular weight excluding hydrogens is 342 g/mol. The molecule has 1 aromatic rings. The molecule has 1 aliphatic rings. The van der Waals surface area contributed by atoms with Crippen LogP contribution in [0, 0.1) is 0 Å². The Balaban J connectivity index is 2.06. The van der Waals surface area contributed by atoms with Crippen LogP contribution in [0.15, 0.2) is 20.0 Å². The van der Waals surface area contributed by atoms with Crippen LogP contribution in [-0.2, 0) is 16.6 Å². The third-order valence-electron chi connectivity index (χ3n) is 2.68. The third kappa shape index (κ3) is 3.30. The lowest BCUT2D eigenvalue weighted by Crippen LogP contribution is -2.29. The van der Waals surface area contributed by atoms with Gasteiger partial charge in [-0.15, -0.1) is 0 Å². The van der Waals surface area contributed by atoms with Gasteiger partial charge in [0.15, 0.2) is 4.67 Å². The second-order valence-electron chi connectivity index (χ2n) is 4.00. The lowest BCUT2D eigenvalue weighted by Gasteiger charge is -2.09. The quantitative estimate of drug-likeness (QED) is 0.840. The van der Waals surface area contributed by atoms with Crippen molar-refractivity contribution in [3.05, 3.63) is 16.5 Å². The first-order chi connectivity index (χ1) is 8.53. The van der Waals surface area contributed by atoms with Crippen molar-refractivity contribution in [1.29, 1.82) is 0 Å². The SMILES string of the molecule is O=S(=O)(NCC1CCCS1)c1cc(CO)oc1Br. The molecule has 0 radical (unpaired) electrons. The first kappa shape index (κ1) is 14.4. The van der Waals surface area contributed by atoms with Gasteiger partial charge < -0.3 is 9.52 Å². The summed E-state index contributed by atoms with van der Waals surface area (Å²) in [6.45, 7) is 0.103. The normalized spacial score (nSPS) is 20.4. The molecular formula is C10H14BrNO4S2. The lowest BCUT2D eigenvalue weighted by molar-refractivity contribution is 0.245. The summed E-state index contributed by atoms with van der Waals surface area (Å²) < 4.78 is 31.9. The van der Waals surface area contributed by atoms with Crippen molar-refractivity contribution in [2.24, 2.45) is 0 Å². The Morgan fingerprint density at radius 1 is 1.61 bits per heavy atom. The van der Waals surface area contributed by atoms with Crippen molar-refractivity contribution in [3.8, 4) is 0 Å². The van der Waals surface area contributed by atoms with Crippen molar-refractivity contribution >= 4 is 37.7 Å². The van der Waals surface area contributed by atoms with Crippen molar-refractivity contribution in [3.63, 3.8) is 0 Å². The zero-order chi connectivity index (χ0) is 13.2. The van der Waals surface area contributed by atoms with Crippen molar-refractivity contribution in [1.82, 2.24) is 4.72 Å². The molecule has 0 amide bonds. The summed E-state index contributed by atoms with van der Waals surface area (Å²) in [7, 11) is -3.58. The van der Waals surface area contributed by atoms with Crippen LogP contribution in [0.5, 0.6) is 0 Å². The van der Waals surface area contributed by atoms with Crippen LogP contribution in [0.1, 0.15) is 18.6 Å². The van der Waals surface area contributed by atoms with Gasteiger partial charge >= 0.3 is 0 Å². The zero-order valence-electron chi connectivity index (χ0n) is 9.56.